The Morgan fingerprint density at radius 2 is 2.30 bits per heavy atom. The summed E-state index contributed by atoms with van der Waals surface area (Å²) in [4.78, 5) is 16.2. The lowest BCUT2D eigenvalue weighted by Crippen LogP contribution is -2.23. The van der Waals surface area contributed by atoms with Gasteiger partial charge in [-0.15, -0.1) is 11.3 Å². The molecule has 0 aliphatic heterocycles. The molecule has 0 bridgehead atoms. The van der Waals surface area contributed by atoms with Crippen LogP contribution in [-0.4, -0.2) is 28.3 Å². The highest BCUT2D eigenvalue weighted by Gasteiger charge is 2.32. The Hall–Kier alpha value is -1.31. The van der Waals surface area contributed by atoms with Gasteiger partial charge in [-0.05, 0) is 26.2 Å². The maximum atomic E-state index is 12.3. The molecule has 112 valence electrons. The number of carboxylic acid groups (broad SMARTS) is 1. The molecule has 4 nitrogen and oxygen atoms in total. The fourth-order valence-electron chi connectivity index (χ4n) is 2.33. The van der Waals surface area contributed by atoms with Crippen LogP contribution in [0, 0.1) is 0 Å². The van der Waals surface area contributed by atoms with E-state index in [4.69, 9.17) is 5.11 Å². The Labute approximate surface area is 118 Å². The number of hydrogen-bond donors (Lipinski definition) is 2. The molecule has 1 aliphatic rings. The largest absolute Gasteiger partial charge is 0.481 e. The third-order valence-corrected chi connectivity index (χ3v) is 4.22. The third kappa shape index (κ3) is 3.62. The normalized spacial score (nSPS) is 20.3. The summed E-state index contributed by atoms with van der Waals surface area (Å²) in [6, 6.07) is -0.786. The summed E-state index contributed by atoms with van der Waals surface area (Å²) in [5, 5.41) is 12.2. The highest BCUT2D eigenvalue weighted by Crippen LogP contribution is 2.37. The van der Waals surface area contributed by atoms with Crippen molar-refractivity contribution in [3.8, 4) is 0 Å². The Bertz CT molecular complexity index is 501. The van der Waals surface area contributed by atoms with E-state index in [0.717, 1.165) is 17.7 Å². The SMILES string of the molecule is CC(CC(F)(F)F)Nc1nc2c(s1)CCCC2C(=O)O. The van der Waals surface area contributed by atoms with Crippen LogP contribution in [0.2, 0.25) is 0 Å². The van der Waals surface area contributed by atoms with Gasteiger partial charge in [-0.2, -0.15) is 13.2 Å². The number of alkyl halides is 3. The van der Waals surface area contributed by atoms with Gasteiger partial charge in [-0.1, -0.05) is 0 Å². The van der Waals surface area contributed by atoms with Crippen LogP contribution in [0.15, 0.2) is 0 Å². The van der Waals surface area contributed by atoms with Crippen LogP contribution in [0.25, 0.3) is 0 Å². The first-order chi connectivity index (χ1) is 9.26. The zero-order valence-corrected chi connectivity index (χ0v) is 11.6. The van der Waals surface area contributed by atoms with Crippen molar-refractivity contribution in [3.05, 3.63) is 10.6 Å². The van der Waals surface area contributed by atoms with Crippen LogP contribution in [-0.2, 0) is 11.2 Å². The van der Waals surface area contributed by atoms with E-state index >= 15 is 0 Å². The minimum atomic E-state index is -4.23. The maximum absolute atomic E-state index is 12.3. The van der Waals surface area contributed by atoms with Gasteiger partial charge in [0.25, 0.3) is 0 Å². The monoisotopic (exact) mass is 308 g/mol. The summed E-state index contributed by atoms with van der Waals surface area (Å²) in [7, 11) is 0. The summed E-state index contributed by atoms with van der Waals surface area (Å²) in [5.41, 5.74) is 0.510. The Morgan fingerprint density at radius 1 is 1.60 bits per heavy atom. The highest BCUT2D eigenvalue weighted by atomic mass is 32.1. The lowest BCUT2D eigenvalue weighted by Gasteiger charge is -2.16. The molecule has 1 heterocycles. The first-order valence-electron chi connectivity index (χ1n) is 6.32. The topological polar surface area (TPSA) is 62.2 Å². The molecule has 1 aliphatic carbocycles. The second-order valence-electron chi connectivity index (χ2n) is 4.98. The molecule has 1 aromatic heterocycles. The Morgan fingerprint density at radius 3 is 2.90 bits per heavy atom. The standard InChI is InChI=1S/C12H15F3N2O2S/c1-6(5-12(13,14)15)16-11-17-9-7(10(18)19)3-2-4-8(9)20-11/h6-7H,2-5H2,1H3,(H,16,17)(H,18,19). The molecule has 8 heteroatoms. The average Bonchev–Trinajstić information content (AvgIpc) is 2.67. The number of rotatable bonds is 4. The number of nitrogens with zero attached hydrogens (tertiary/aromatic N) is 1. The maximum Gasteiger partial charge on any atom is 0.391 e. The van der Waals surface area contributed by atoms with Crippen LogP contribution in [0.3, 0.4) is 0 Å². The molecule has 0 amide bonds. The van der Waals surface area contributed by atoms with E-state index < -0.39 is 30.5 Å². The highest BCUT2D eigenvalue weighted by molar-refractivity contribution is 7.15. The second kappa shape index (κ2) is 5.59. The molecule has 20 heavy (non-hydrogen) atoms. The fraction of sp³-hybridized carbons (Fsp3) is 0.667. The molecular formula is C12H15F3N2O2S. The smallest absolute Gasteiger partial charge is 0.391 e. The predicted molar refractivity (Wildman–Crippen MR) is 69.2 cm³/mol. The minimum absolute atomic E-state index is 0.375. The van der Waals surface area contributed by atoms with Crippen molar-refractivity contribution < 1.29 is 23.1 Å². The average molecular weight is 308 g/mol. The lowest BCUT2D eigenvalue weighted by molar-refractivity contribution is -0.139. The van der Waals surface area contributed by atoms with E-state index in [9.17, 15) is 18.0 Å². The predicted octanol–water partition coefficient (Wildman–Crippen LogP) is 3.40. The fourth-order valence-corrected chi connectivity index (χ4v) is 3.51. The van der Waals surface area contributed by atoms with Gasteiger partial charge in [0.2, 0.25) is 0 Å². The zero-order valence-electron chi connectivity index (χ0n) is 10.8. The molecule has 2 atom stereocenters. The molecule has 0 saturated heterocycles. The Balaban J connectivity index is 2.10. The van der Waals surface area contributed by atoms with Crippen molar-refractivity contribution in [1.29, 1.82) is 0 Å². The first kappa shape index (κ1) is 15.1. The number of halogens is 3. The van der Waals surface area contributed by atoms with Gasteiger partial charge in [-0.25, -0.2) is 4.98 Å². The third-order valence-electron chi connectivity index (χ3n) is 3.16. The summed E-state index contributed by atoms with van der Waals surface area (Å²) >= 11 is 1.26. The van der Waals surface area contributed by atoms with Crippen LogP contribution in [0.5, 0.6) is 0 Å². The second-order valence-corrected chi connectivity index (χ2v) is 6.06. The molecule has 2 unspecified atom stereocenters. The van der Waals surface area contributed by atoms with Crippen LogP contribution in [0.4, 0.5) is 18.3 Å². The lowest BCUT2D eigenvalue weighted by atomic mass is 9.91. The number of aryl methyl sites for hydroxylation is 1. The summed E-state index contributed by atoms with van der Waals surface area (Å²) in [6.07, 6.45) is -3.13. The van der Waals surface area contributed by atoms with Crippen LogP contribution >= 0.6 is 11.3 Å². The number of hydrogen-bond acceptors (Lipinski definition) is 4. The van der Waals surface area contributed by atoms with E-state index in [1.54, 1.807) is 0 Å². The number of fused-ring (bicyclic) bond motifs is 1. The van der Waals surface area contributed by atoms with Gasteiger partial charge in [0.15, 0.2) is 5.13 Å². The number of anilines is 1. The zero-order chi connectivity index (χ0) is 14.9. The summed E-state index contributed by atoms with van der Waals surface area (Å²) in [6.45, 7) is 1.43. The minimum Gasteiger partial charge on any atom is -0.481 e. The van der Waals surface area contributed by atoms with Gasteiger partial charge >= 0.3 is 12.1 Å². The number of aromatic nitrogens is 1. The molecule has 0 spiro atoms. The van der Waals surface area contributed by atoms with Crippen molar-refractivity contribution in [2.45, 2.75) is 50.7 Å². The van der Waals surface area contributed by atoms with Gasteiger partial charge < -0.3 is 10.4 Å². The van der Waals surface area contributed by atoms with Crippen molar-refractivity contribution in [3.63, 3.8) is 0 Å². The van der Waals surface area contributed by atoms with Gasteiger partial charge in [0, 0.05) is 10.9 Å². The molecule has 2 N–H and O–H groups in total. The Kier molecular flexibility index (Phi) is 4.22. The number of nitrogens with one attached hydrogen (secondary N) is 1. The van der Waals surface area contributed by atoms with E-state index in [1.165, 1.54) is 18.3 Å². The van der Waals surface area contributed by atoms with E-state index in [-0.39, 0.29) is 0 Å². The number of aliphatic carboxylic acids is 1. The van der Waals surface area contributed by atoms with E-state index in [1.807, 2.05) is 0 Å². The van der Waals surface area contributed by atoms with Crippen molar-refractivity contribution in [2.75, 3.05) is 5.32 Å². The number of carbonyl (C=O) groups is 1. The quantitative estimate of drug-likeness (QED) is 0.895. The van der Waals surface area contributed by atoms with Gasteiger partial charge in [-0.3, -0.25) is 4.79 Å². The first-order valence-corrected chi connectivity index (χ1v) is 7.13. The van der Waals surface area contributed by atoms with Crippen molar-refractivity contribution >= 4 is 22.4 Å². The molecule has 1 aromatic rings. The van der Waals surface area contributed by atoms with Crippen molar-refractivity contribution in [2.24, 2.45) is 0 Å². The molecule has 2 rings (SSSR count). The summed E-state index contributed by atoms with van der Waals surface area (Å²) in [5.74, 6) is -1.56. The number of thiazole rings is 1. The van der Waals surface area contributed by atoms with E-state index in [2.05, 4.69) is 10.3 Å². The van der Waals surface area contributed by atoms with Gasteiger partial charge in [0.05, 0.1) is 12.1 Å². The molecule has 0 aromatic carbocycles. The molecule has 0 saturated carbocycles. The molecule has 0 radical (unpaired) electrons. The van der Waals surface area contributed by atoms with Crippen LogP contribution in [0.1, 0.15) is 42.7 Å². The molecular weight excluding hydrogens is 293 g/mol. The number of carboxylic acids is 1. The van der Waals surface area contributed by atoms with Crippen LogP contribution < -0.4 is 5.32 Å². The summed E-state index contributed by atoms with van der Waals surface area (Å²) < 4.78 is 36.8. The molecule has 0 fully saturated rings. The van der Waals surface area contributed by atoms with E-state index in [0.29, 0.717) is 17.2 Å². The van der Waals surface area contributed by atoms with Crippen molar-refractivity contribution in [1.82, 2.24) is 4.98 Å². The van der Waals surface area contributed by atoms with Gasteiger partial charge in [0.1, 0.15) is 5.92 Å².